The van der Waals surface area contributed by atoms with Gasteiger partial charge < -0.3 is 24.0 Å². The molecule has 1 aromatic carbocycles. The van der Waals surface area contributed by atoms with E-state index < -0.39 is 5.60 Å². The molecule has 2 aliphatic heterocycles. The number of carbonyl (C=O) groups is 2. The molecule has 0 aliphatic carbocycles. The maximum atomic E-state index is 13.8. The topological polar surface area (TPSA) is 70.9 Å². The maximum Gasteiger partial charge on any atom is 0.410 e. The molecule has 228 valence electrons. The minimum absolute atomic E-state index is 0.110. The Balaban J connectivity index is 1.57. The summed E-state index contributed by atoms with van der Waals surface area (Å²) >= 11 is 0. The first kappa shape index (κ1) is 31.3. The van der Waals surface area contributed by atoms with Crippen molar-refractivity contribution in [1.82, 2.24) is 24.3 Å². The van der Waals surface area contributed by atoms with Crippen LogP contribution in [0.15, 0.2) is 18.2 Å². The van der Waals surface area contributed by atoms with Gasteiger partial charge in [0.2, 0.25) is 0 Å². The Morgan fingerprint density at radius 1 is 1.00 bits per heavy atom. The van der Waals surface area contributed by atoms with E-state index in [9.17, 15) is 9.59 Å². The third kappa shape index (κ3) is 8.46. The van der Waals surface area contributed by atoms with Crippen molar-refractivity contribution in [3.05, 3.63) is 29.6 Å². The number of aryl methyl sites for hydroxylation is 1. The largest absolute Gasteiger partial charge is 0.444 e. The Morgan fingerprint density at radius 3 is 2.22 bits per heavy atom. The first-order valence-corrected chi connectivity index (χ1v) is 15.9. The van der Waals surface area contributed by atoms with Crippen LogP contribution in [-0.4, -0.2) is 87.7 Å². The highest BCUT2D eigenvalue weighted by Crippen LogP contribution is 2.31. The number of carbonyl (C=O) groups excluding carboxylic acids is 2. The van der Waals surface area contributed by atoms with Crippen LogP contribution in [0.1, 0.15) is 103 Å². The zero-order valence-electron chi connectivity index (χ0n) is 26.6. The van der Waals surface area contributed by atoms with Crippen molar-refractivity contribution in [2.45, 2.75) is 98.6 Å². The number of ether oxygens (including phenoxy) is 1. The zero-order valence-corrected chi connectivity index (χ0v) is 26.6. The van der Waals surface area contributed by atoms with Crippen LogP contribution in [-0.2, 0) is 11.3 Å². The standard InChI is InChI=1S/C33H53N5O3/c1-24(2)13-19-36(20-14-25(3)4)31(39)26-11-12-28-29(21-26)38(18-10-17-35-15-8-9-16-35)30(34-28)27-22-37(23-27)32(40)41-33(5,6)7/h11-12,21,24-25,27H,8-10,13-20,22-23H2,1-7H3. The van der Waals surface area contributed by atoms with Gasteiger partial charge in [0.05, 0.1) is 17.0 Å². The summed E-state index contributed by atoms with van der Waals surface area (Å²) in [5.74, 6) is 2.39. The molecule has 3 heterocycles. The smallest absolute Gasteiger partial charge is 0.410 e. The zero-order chi connectivity index (χ0) is 29.7. The van der Waals surface area contributed by atoms with Crippen LogP contribution < -0.4 is 0 Å². The number of amides is 2. The number of benzene rings is 1. The third-order valence-electron chi connectivity index (χ3n) is 8.22. The summed E-state index contributed by atoms with van der Waals surface area (Å²) in [6.07, 6.45) is 5.35. The average molecular weight is 568 g/mol. The van der Waals surface area contributed by atoms with Gasteiger partial charge in [-0.3, -0.25) is 4.79 Å². The fourth-order valence-corrected chi connectivity index (χ4v) is 5.72. The second-order valence-electron chi connectivity index (χ2n) is 14.0. The van der Waals surface area contributed by atoms with Crippen molar-refractivity contribution >= 4 is 23.0 Å². The van der Waals surface area contributed by atoms with E-state index >= 15 is 0 Å². The van der Waals surface area contributed by atoms with E-state index in [1.165, 1.54) is 25.9 Å². The summed E-state index contributed by atoms with van der Waals surface area (Å²) in [5.41, 5.74) is 2.17. The molecular formula is C33H53N5O3. The minimum atomic E-state index is -0.508. The Kier molecular flexibility index (Phi) is 10.4. The predicted octanol–water partition coefficient (Wildman–Crippen LogP) is 6.39. The first-order chi connectivity index (χ1) is 19.4. The monoisotopic (exact) mass is 567 g/mol. The van der Waals surface area contributed by atoms with Gasteiger partial charge in [0.25, 0.3) is 5.91 Å². The molecule has 0 N–H and O–H groups in total. The van der Waals surface area contributed by atoms with Crippen LogP contribution in [0, 0.1) is 11.8 Å². The van der Waals surface area contributed by atoms with Crippen LogP contribution in [0.2, 0.25) is 0 Å². The number of hydrogen-bond donors (Lipinski definition) is 0. The molecule has 4 rings (SSSR count). The van der Waals surface area contributed by atoms with Crippen molar-refractivity contribution < 1.29 is 14.3 Å². The molecule has 2 saturated heterocycles. The molecule has 8 heteroatoms. The molecular weight excluding hydrogens is 514 g/mol. The average Bonchev–Trinajstić information content (AvgIpc) is 3.49. The Morgan fingerprint density at radius 2 is 1.63 bits per heavy atom. The highest BCUT2D eigenvalue weighted by Gasteiger charge is 2.37. The lowest BCUT2D eigenvalue weighted by Crippen LogP contribution is -2.51. The molecule has 2 amide bonds. The van der Waals surface area contributed by atoms with Crippen molar-refractivity contribution in [3.63, 3.8) is 0 Å². The Hall–Kier alpha value is -2.61. The molecule has 8 nitrogen and oxygen atoms in total. The lowest BCUT2D eigenvalue weighted by Gasteiger charge is -2.39. The minimum Gasteiger partial charge on any atom is -0.444 e. The van der Waals surface area contributed by atoms with Crippen molar-refractivity contribution in [2.75, 3.05) is 45.8 Å². The van der Waals surface area contributed by atoms with Gasteiger partial charge in [-0.25, -0.2) is 9.78 Å². The summed E-state index contributed by atoms with van der Waals surface area (Å²) in [6.45, 7) is 21.6. The molecule has 0 atom stereocenters. The lowest BCUT2D eigenvalue weighted by molar-refractivity contribution is 0.00725. The third-order valence-corrected chi connectivity index (χ3v) is 8.22. The molecule has 0 saturated carbocycles. The van der Waals surface area contributed by atoms with Crippen LogP contribution >= 0.6 is 0 Å². The van der Waals surface area contributed by atoms with Crippen molar-refractivity contribution in [2.24, 2.45) is 11.8 Å². The molecule has 2 aliphatic rings. The number of rotatable bonds is 12. The lowest BCUT2D eigenvalue weighted by atomic mass is 10.00. The van der Waals surface area contributed by atoms with Crippen LogP contribution in [0.3, 0.4) is 0 Å². The highest BCUT2D eigenvalue weighted by molar-refractivity contribution is 5.97. The second kappa shape index (κ2) is 13.6. The van der Waals surface area contributed by atoms with Gasteiger partial charge >= 0.3 is 6.09 Å². The summed E-state index contributed by atoms with van der Waals surface area (Å²) in [6, 6.07) is 6.02. The molecule has 0 bridgehead atoms. The van der Waals surface area contributed by atoms with E-state index in [1.54, 1.807) is 4.90 Å². The van der Waals surface area contributed by atoms with Crippen LogP contribution in [0.4, 0.5) is 4.79 Å². The van der Waals surface area contributed by atoms with Crippen molar-refractivity contribution in [1.29, 1.82) is 0 Å². The fourth-order valence-electron chi connectivity index (χ4n) is 5.72. The molecule has 0 spiro atoms. The number of likely N-dealkylation sites (tertiary alicyclic amines) is 2. The van der Waals surface area contributed by atoms with Crippen LogP contribution in [0.5, 0.6) is 0 Å². The molecule has 2 aromatic rings. The van der Waals surface area contributed by atoms with Gasteiger partial charge in [-0.2, -0.15) is 0 Å². The van der Waals surface area contributed by atoms with E-state index in [1.807, 2.05) is 37.8 Å². The summed E-state index contributed by atoms with van der Waals surface area (Å²) < 4.78 is 7.91. The number of fused-ring (bicyclic) bond motifs is 1. The summed E-state index contributed by atoms with van der Waals surface area (Å²) in [7, 11) is 0. The van der Waals surface area contributed by atoms with E-state index in [0.29, 0.717) is 24.9 Å². The maximum absolute atomic E-state index is 13.8. The quantitative estimate of drug-likeness (QED) is 0.297. The van der Waals surface area contributed by atoms with E-state index in [2.05, 4.69) is 43.2 Å². The molecule has 0 unspecified atom stereocenters. The van der Waals surface area contributed by atoms with Gasteiger partial charge in [0.15, 0.2) is 0 Å². The van der Waals surface area contributed by atoms with Gasteiger partial charge in [-0.15, -0.1) is 0 Å². The summed E-state index contributed by atoms with van der Waals surface area (Å²) in [5, 5.41) is 0. The van der Waals surface area contributed by atoms with E-state index in [4.69, 9.17) is 9.72 Å². The number of hydrogen-bond acceptors (Lipinski definition) is 5. The normalized spacial score (nSPS) is 16.7. The van der Waals surface area contributed by atoms with Gasteiger partial charge in [-0.05, 0) is 103 Å². The van der Waals surface area contributed by atoms with Gasteiger partial charge in [0.1, 0.15) is 11.4 Å². The second-order valence-corrected chi connectivity index (χ2v) is 14.0. The molecule has 41 heavy (non-hydrogen) atoms. The molecule has 1 aromatic heterocycles. The number of aromatic nitrogens is 2. The van der Waals surface area contributed by atoms with E-state index in [-0.39, 0.29) is 17.9 Å². The molecule has 2 fully saturated rings. The molecule has 0 radical (unpaired) electrons. The first-order valence-electron chi connectivity index (χ1n) is 15.9. The van der Waals surface area contributed by atoms with Gasteiger partial charge in [0, 0.05) is 38.3 Å². The highest BCUT2D eigenvalue weighted by atomic mass is 16.6. The fraction of sp³-hybridized carbons (Fsp3) is 0.727. The predicted molar refractivity (Wildman–Crippen MR) is 165 cm³/mol. The van der Waals surface area contributed by atoms with E-state index in [0.717, 1.165) is 67.9 Å². The number of imidazole rings is 1. The Bertz CT molecular complexity index is 1160. The van der Waals surface area contributed by atoms with Crippen molar-refractivity contribution in [3.8, 4) is 0 Å². The van der Waals surface area contributed by atoms with Crippen LogP contribution in [0.25, 0.3) is 11.0 Å². The number of nitrogens with zero attached hydrogens (tertiary/aromatic N) is 5. The Labute approximate surface area is 247 Å². The summed E-state index contributed by atoms with van der Waals surface area (Å²) in [4.78, 5) is 37.8. The van der Waals surface area contributed by atoms with Gasteiger partial charge in [-0.1, -0.05) is 27.7 Å². The SMILES string of the molecule is CC(C)CCN(CCC(C)C)C(=O)c1ccc2nc(C3CN(C(=O)OC(C)(C)C)C3)n(CCCN3CCCC3)c2c1.